The second kappa shape index (κ2) is 5.86. The molecule has 1 saturated heterocycles. The van der Waals surface area contributed by atoms with Gasteiger partial charge in [0.25, 0.3) is 5.12 Å². The highest BCUT2D eigenvalue weighted by atomic mass is 32.2. The molecule has 112 valence electrons. The number of thioether (sulfide) groups is 1. The third-order valence-corrected chi connectivity index (χ3v) is 4.33. The number of nitrogens with two attached hydrogens (primary N) is 1. The average Bonchev–Trinajstić information content (AvgIpc) is 2.43. The lowest BCUT2D eigenvalue weighted by Gasteiger charge is -2.44. The summed E-state index contributed by atoms with van der Waals surface area (Å²) in [5.74, 6) is 0. The Bertz CT molecular complexity index is 473. The van der Waals surface area contributed by atoms with Gasteiger partial charge in [0.15, 0.2) is 0 Å². The van der Waals surface area contributed by atoms with Gasteiger partial charge in [-0.1, -0.05) is 23.9 Å². The molecule has 0 radical (unpaired) electrons. The number of para-hydroxylation sites is 1. The topological polar surface area (TPSA) is 136 Å². The van der Waals surface area contributed by atoms with Crippen molar-refractivity contribution >= 4 is 17.4 Å². The minimum atomic E-state index is -2.22. The van der Waals surface area contributed by atoms with Gasteiger partial charge >= 0.3 is 0 Å². The van der Waals surface area contributed by atoms with Crippen molar-refractivity contribution < 1.29 is 30.3 Å². The Morgan fingerprint density at radius 3 is 2.45 bits per heavy atom. The third kappa shape index (κ3) is 2.77. The normalized spacial score (nSPS) is 37.9. The molecule has 0 saturated carbocycles. The standard InChI is InChI=1S/C12H17NO6S/c13-6-3-1-2-4-8(6)20-12(18)11(17)10(16)9(15)7(5-14)19-12/h1-4,7,9-11,14-18H,5,13H2/t7-,9+,10-,11+,12-/m1/s1. The molecule has 1 heterocycles. The first-order chi connectivity index (χ1) is 9.39. The summed E-state index contributed by atoms with van der Waals surface area (Å²) in [6.45, 7) is -0.613. The van der Waals surface area contributed by atoms with E-state index in [1.165, 1.54) is 0 Å². The number of rotatable bonds is 3. The van der Waals surface area contributed by atoms with Crippen molar-refractivity contribution in [3.63, 3.8) is 0 Å². The molecule has 1 aromatic rings. The molecule has 5 atom stereocenters. The van der Waals surface area contributed by atoms with Crippen LogP contribution in [0.3, 0.4) is 0 Å². The van der Waals surface area contributed by atoms with E-state index in [0.717, 1.165) is 0 Å². The monoisotopic (exact) mass is 303 g/mol. The minimum absolute atomic E-state index is 0.364. The fourth-order valence-corrected chi connectivity index (χ4v) is 3.02. The summed E-state index contributed by atoms with van der Waals surface area (Å²) in [6.07, 6.45) is -6.12. The van der Waals surface area contributed by atoms with Crippen LogP contribution in [0.25, 0.3) is 0 Å². The Labute approximate surface area is 119 Å². The third-order valence-electron chi connectivity index (χ3n) is 3.10. The van der Waals surface area contributed by atoms with Gasteiger partial charge < -0.3 is 36.0 Å². The van der Waals surface area contributed by atoms with Crippen LogP contribution in [-0.4, -0.2) is 61.7 Å². The van der Waals surface area contributed by atoms with E-state index in [1.54, 1.807) is 24.3 Å². The number of hydrogen-bond acceptors (Lipinski definition) is 8. The van der Waals surface area contributed by atoms with Crippen molar-refractivity contribution in [2.75, 3.05) is 12.3 Å². The zero-order valence-corrected chi connectivity index (χ0v) is 11.3. The van der Waals surface area contributed by atoms with Gasteiger partial charge in [-0.05, 0) is 12.1 Å². The van der Waals surface area contributed by atoms with Crippen LogP contribution < -0.4 is 5.73 Å². The summed E-state index contributed by atoms with van der Waals surface area (Å²) in [5, 5.41) is 46.5. The molecule has 0 amide bonds. The molecule has 0 aliphatic carbocycles. The quantitative estimate of drug-likeness (QED) is 0.293. The second-order valence-corrected chi connectivity index (χ2v) is 5.76. The van der Waals surface area contributed by atoms with E-state index in [0.29, 0.717) is 22.3 Å². The Hall–Kier alpha value is -0.870. The van der Waals surface area contributed by atoms with Crippen molar-refractivity contribution in [1.82, 2.24) is 0 Å². The highest BCUT2D eigenvalue weighted by Gasteiger charge is 2.53. The molecule has 7 N–H and O–H groups in total. The lowest BCUT2D eigenvalue weighted by molar-refractivity contribution is -0.305. The summed E-state index contributed by atoms with van der Waals surface area (Å²) in [5.41, 5.74) is 6.10. The number of hydrogen-bond donors (Lipinski definition) is 6. The predicted molar refractivity (Wildman–Crippen MR) is 71.6 cm³/mol. The maximum Gasteiger partial charge on any atom is 0.250 e. The van der Waals surface area contributed by atoms with Crippen LogP contribution in [0.1, 0.15) is 0 Å². The fourth-order valence-electron chi connectivity index (χ4n) is 1.94. The van der Waals surface area contributed by atoms with E-state index in [2.05, 4.69) is 0 Å². The van der Waals surface area contributed by atoms with E-state index in [4.69, 9.17) is 15.6 Å². The second-order valence-electron chi connectivity index (χ2n) is 4.54. The van der Waals surface area contributed by atoms with Gasteiger partial charge in [-0.15, -0.1) is 0 Å². The highest BCUT2D eigenvalue weighted by Crippen LogP contribution is 2.42. The number of nitrogen functional groups attached to an aromatic ring is 1. The molecule has 1 aromatic carbocycles. The maximum atomic E-state index is 10.4. The maximum absolute atomic E-state index is 10.4. The first-order valence-corrected chi connectivity index (χ1v) is 6.79. The van der Waals surface area contributed by atoms with E-state index in [1.807, 2.05) is 0 Å². The summed E-state index contributed by atoms with van der Waals surface area (Å²) < 4.78 is 5.13. The zero-order chi connectivity index (χ0) is 14.9. The van der Waals surface area contributed by atoms with Gasteiger partial charge in [-0.25, -0.2) is 0 Å². The number of aliphatic hydroxyl groups is 5. The average molecular weight is 303 g/mol. The Morgan fingerprint density at radius 2 is 1.85 bits per heavy atom. The molecular weight excluding hydrogens is 286 g/mol. The van der Waals surface area contributed by atoms with E-state index < -0.39 is 36.1 Å². The molecular formula is C12H17NO6S. The molecule has 1 fully saturated rings. The van der Waals surface area contributed by atoms with Crippen LogP contribution in [0, 0.1) is 0 Å². The van der Waals surface area contributed by atoms with Crippen molar-refractivity contribution in [2.24, 2.45) is 0 Å². The molecule has 0 bridgehead atoms. The van der Waals surface area contributed by atoms with Gasteiger partial charge in [0.05, 0.1) is 6.61 Å². The molecule has 20 heavy (non-hydrogen) atoms. The molecule has 7 nitrogen and oxygen atoms in total. The number of aliphatic hydroxyl groups excluding tert-OH is 4. The molecule has 1 aliphatic rings. The smallest absolute Gasteiger partial charge is 0.250 e. The van der Waals surface area contributed by atoms with Crippen LogP contribution in [0.4, 0.5) is 5.69 Å². The lowest BCUT2D eigenvalue weighted by atomic mass is 9.99. The van der Waals surface area contributed by atoms with Gasteiger partial charge in [-0.3, -0.25) is 0 Å². The van der Waals surface area contributed by atoms with Crippen LogP contribution >= 0.6 is 11.8 Å². The van der Waals surface area contributed by atoms with Gasteiger partial charge in [0.1, 0.15) is 24.4 Å². The molecule has 2 rings (SSSR count). The summed E-state index contributed by atoms with van der Waals surface area (Å²) in [4.78, 5) is 0.439. The summed E-state index contributed by atoms with van der Waals surface area (Å²) in [7, 11) is 0. The van der Waals surface area contributed by atoms with Crippen molar-refractivity contribution in [3.8, 4) is 0 Å². The SMILES string of the molecule is Nc1ccccc1S[C@]1(O)O[C@H](CO)[C@H](O)[C@@H](O)[C@@H]1O. The summed E-state index contributed by atoms with van der Waals surface area (Å²) >= 11 is 0.703. The Balaban J connectivity index is 2.26. The van der Waals surface area contributed by atoms with E-state index >= 15 is 0 Å². The molecule has 8 heteroatoms. The molecule has 0 spiro atoms. The van der Waals surface area contributed by atoms with E-state index in [-0.39, 0.29) is 0 Å². The van der Waals surface area contributed by atoms with Crippen molar-refractivity contribution in [1.29, 1.82) is 0 Å². The number of ether oxygens (including phenoxy) is 1. The summed E-state index contributed by atoms with van der Waals surface area (Å²) in [6, 6.07) is 6.61. The first-order valence-electron chi connectivity index (χ1n) is 5.98. The van der Waals surface area contributed by atoms with Crippen LogP contribution in [0.2, 0.25) is 0 Å². The first kappa shape index (κ1) is 15.5. The molecule has 1 aliphatic heterocycles. The van der Waals surface area contributed by atoms with Crippen molar-refractivity contribution in [3.05, 3.63) is 24.3 Å². The van der Waals surface area contributed by atoms with Crippen LogP contribution in [0.15, 0.2) is 29.2 Å². The number of anilines is 1. The Kier molecular flexibility index (Phi) is 4.55. The molecule has 0 aromatic heterocycles. The van der Waals surface area contributed by atoms with Crippen LogP contribution in [-0.2, 0) is 4.74 Å². The van der Waals surface area contributed by atoms with E-state index in [9.17, 15) is 20.4 Å². The highest BCUT2D eigenvalue weighted by molar-refractivity contribution is 8.00. The van der Waals surface area contributed by atoms with Crippen molar-refractivity contribution in [2.45, 2.75) is 34.4 Å². The Morgan fingerprint density at radius 1 is 1.20 bits per heavy atom. The van der Waals surface area contributed by atoms with Gasteiger partial charge in [-0.2, -0.15) is 0 Å². The van der Waals surface area contributed by atoms with Gasteiger partial charge in [0, 0.05) is 10.6 Å². The molecule has 0 unspecified atom stereocenters. The largest absolute Gasteiger partial charge is 0.398 e. The van der Waals surface area contributed by atoms with Crippen LogP contribution in [0.5, 0.6) is 0 Å². The lowest BCUT2D eigenvalue weighted by Crippen LogP contribution is -2.63. The predicted octanol–water partition coefficient (Wildman–Crippen LogP) is -1.52. The number of benzene rings is 1. The zero-order valence-electron chi connectivity index (χ0n) is 10.5. The minimum Gasteiger partial charge on any atom is -0.398 e. The van der Waals surface area contributed by atoms with Gasteiger partial charge in [0.2, 0.25) is 0 Å². The fraction of sp³-hybridized carbons (Fsp3) is 0.500.